The Balaban J connectivity index is 1.49. The number of halogens is 1. The van der Waals surface area contributed by atoms with E-state index in [2.05, 4.69) is 48.4 Å². The van der Waals surface area contributed by atoms with Crippen molar-refractivity contribution in [2.75, 3.05) is 28.6 Å². The minimum absolute atomic E-state index is 0.280. The molecule has 7 heteroatoms. The molecule has 1 amide bonds. The molecule has 4 rings (SSSR count). The number of rotatable bonds is 8. The van der Waals surface area contributed by atoms with Gasteiger partial charge in [0.05, 0.1) is 5.52 Å². The van der Waals surface area contributed by atoms with Gasteiger partial charge in [-0.1, -0.05) is 18.2 Å². The first-order chi connectivity index (χ1) is 16.5. The molecule has 0 aliphatic rings. The number of benzene rings is 3. The van der Waals surface area contributed by atoms with E-state index in [1.54, 1.807) is 0 Å². The van der Waals surface area contributed by atoms with E-state index in [0.29, 0.717) is 23.7 Å². The van der Waals surface area contributed by atoms with E-state index < -0.39 is 0 Å². The van der Waals surface area contributed by atoms with Crippen molar-refractivity contribution in [3.63, 3.8) is 0 Å². The van der Waals surface area contributed by atoms with Crippen LogP contribution in [0.5, 0.6) is 0 Å². The van der Waals surface area contributed by atoms with Crippen molar-refractivity contribution in [3.8, 4) is 0 Å². The molecule has 2 N–H and O–H groups in total. The second-order valence-corrected chi connectivity index (χ2v) is 8.08. The summed E-state index contributed by atoms with van der Waals surface area (Å²) in [5.41, 5.74) is 4.19. The van der Waals surface area contributed by atoms with Gasteiger partial charge in [0.15, 0.2) is 0 Å². The van der Waals surface area contributed by atoms with Crippen molar-refractivity contribution in [2.45, 2.75) is 27.3 Å². The second-order valence-electron chi connectivity index (χ2n) is 8.08. The van der Waals surface area contributed by atoms with Crippen LogP contribution in [0.4, 0.5) is 21.8 Å². The van der Waals surface area contributed by atoms with E-state index in [-0.39, 0.29) is 11.7 Å². The maximum atomic E-state index is 13.1. The van der Waals surface area contributed by atoms with Crippen LogP contribution in [-0.4, -0.2) is 29.0 Å². The van der Waals surface area contributed by atoms with Crippen LogP contribution in [0, 0.1) is 12.7 Å². The van der Waals surface area contributed by atoms with Crippen molar-refractivity contribution >= 4 is 34.3 Å². The van der Waals surface area contributed by atoms with Crippen molar-refractivity contribution < 1.29 is 9.18 Å². The fourth-order valence-corrected chi connectivity index (χ4v) is 3.71. The summed E-state index contributed by atoms with van der Waals surface area (Å²) in [6.07, 6.45) is 0. The number of carbonyl (C=O) groups excluding carboxylic acids is 1. The average molecular weight is 458 g/mol. The molecule has 0 bridgehead atoms. The summed E-state index contributed by atoms with van der Waals surface area (Å²) in [5.74, 6) is 0.854. The first kappa shape index (κ1) is 23.2. The Kier molecular flexibility index (Phi) is 7.01. The highest BCUT2D eigenvalue weighted by atomic mass is 19.1. The molecule has 0 atom stereocenters. The van der Waals surface area contributed by atoms with Crippen LogP contribution < -0.4 is 15.5 Å². The van der Waals surface area contributed by atoms with Crippen LogP contribution in [0.2, 0.25) is 0 Å². The zero-order valence-electron chi connectivity index (χ0n) is 19.6. The summed E-state index contributed by atoms with van der Waals surface area (Å²) >= 11 is 0. The standard InChI is InChI=1S/C27H28FN5O/c1-4-33(5-2)27-31-24-16-18(3)6-15-23(24)25(32-27)29-17-19-7-13-22(14-8-19)30-26(34)20-9-11-21(28)12-10-20/h6-16H,4-5,17H2,1-3H3,(H,30,34)(H,29,31,32). The first-order valence-electron chi connectivity index (χ1n) is 11.4. The lowest BCUT2D eigenvalue weighted by Crippen LogP contribution is -2.24. The molecule has 0 spiro atoms. The molecule has 34 heavy (non-hydrogen) atoms. The maximum Gasteiger partial charge on any atom is 0.255 e. The normalized spacial score (nSPS) is 10.8. The highest BCUT2D eigenvalue weighted by Gasteiger charge is 2.12. The number of nitrogens with one attached hydrogen (secondary N) is 2. The summed E-state index contributed by atoms with van der Waals surface area (Å²) in [6.45, 7) is 8.48. The van der Waals surface area contributed by atoms with E-state index in [1.165, 1.54) is 24.3 Å². The van der Waals surface area contributed by atoms with Gasteiger partial charge in [0.25, 0.3) is 5.91 Å². The van der Waals surface area contributed by atoms with Crippen LogP contribution in [0.15, 0.2) is 66.7 Å². The summed E-state index contributed by atoms with van der Waals surface area (Å²) < 4.78 is 13.1. The van der Waals surface area contributed by atoms with Crippen LogP contribution in [-0.2, 0) is 6.54 Å². The molecule has 1 heterocycles. The third-order valence-corrected chi connectivity index (χ3v) is 5.67. The Morgan fingerprint density at radius 1 is 0.941 bits per heavy atom. The van der Waals surface area contributed by atoms with Crippen LogP contribution in [0.3, 0.4) is 0 Å². The van der Waals surface area contributed by atoms with Crippen molar-refractivity contribution in [1.82, 2.24) is 9.97 Å². The van der Waals surface area contributed by atoms with Gasteiger partial charge in [-0.3, -0.25) is 4.79 Å². The van der Waals surface area contributed by atoms with Gasteiger partial charge in [0.1, 0.15) is 11.6 Å². The lowest BCUT2D eigenvalue weighted by Gasteiger charge is -2.20. The van der Waals surface area contributed by atoms with Crippen LogP contribution in [0.25, 0.3) is 10.9 Å². The van der Waals surface area contributed by atoms with Crippen molar-refractivity contribution in [3.05, 3.63) is 89.2 Å². The topological polar surface area (TPSA) is 70.2 Å². The van der Waals surface area contributed by atoms with Gasteiger partial charge in [-0.15, -0.1) is 0 Å². The van der Waals surface area contributed by atoms with Gasteiger partial charge in [0, 0.05) is 36.3 Å². The number of aryl methyl sites for hydroxylation is 1. The largest absolute Gasteiger partial charge is 0.365 e. The lowest BCUT2D eigenvalue weighted by molar-refractivity contribution is 0.102. The number of amides is 1. The monoisotopic (exact) mass is 457 g/mol. The number of hydrogen-bond acceptors (Lipinski definition) is 5. The number of fused-ring (bicyclic) bond motifs is 1. The fourth-order valence-electron chi connectivity index (χ4n) is 3.71. The highest BCUT2D eigenvalue weighted by Crippen LogP contribution is 2.25. The van der Waals surface area contributed by atoms with Crippen molar-refractivity contribution in [1.29, 1.82) is 0 Å². The van der Waals surface area contributed by atoms with Gasteiger partial charge >= 0.3 is 0 Å². The highest BCUT2D eigenvalue weighted by molar-refractivity contribution is 6.04. The molecular formula is C27H28FN5O. The molecule has 6 nitrogen and oxygen atoms in total. The minimum atomic E-state index is -0.371. The molecular weight excluding hydrogens is 429 g/mol. The Labute approximate surface area is 198 Å². The van der Waals surface area contributed by atoms with Crippen LogP contribution >= 0.6 is 0 Å². The molecule has 0 radical (unpaired) electrons. The first-order valence-corrected chi connectivity index (χ1v) is 11.4. The summed E-state index contributed by atoms with van der Waals surface area (Å²) in [4.78, 5) is 24.1. The molecule has 1 aromatic heterocycles. The van der Waals surface area contributed by atoms with Gasteiger partial charge in [-0.05, 0) is 80.4 Å². The molecule has 174 valence electrons. The summed E-state index contributed by atoms with van der Waals surface area (Å²) in [6, 6.07) is 19.3. The molecule has 4 aromatic rings. The molecule has 0 fully saturated rings. The fraction of sp³-hybridized carbons (Fsp3) is 0.222. The maximum absolute atomic E-state index is 13.1. The van der Waals surface area contributed by atoms with E-state index in [1.807, 2.05) is 30.3 Å². The minimum Gasteiger partial charge on any atom is -0.365 e. The Morgan fingerprint density at radius 2 is 1.65 bits per heavy atom. The number of aromatic nitrogens is 2. The van der Waals surface area contributed by atoms with Gasteiger partial charge in [-0.2, -0.15) is 4.98 Å². The predicted molar refractivity (Wildman–Crippen MR) is 136 cm³/mol. The Bertz CT molecular complexity index is 1290. The smallest absolute Gasteiger partial charge is 0.255 e. The third kappa shape index (κ3) is 5.31. The quantitative estimate of drug-likeness (QED) is 0.351. The number of carbonyl (C=O) groups is 1. The summed E-state index contributed by atoms with van der Waals surface area (Å²) in [7, 11) is 0. The van der Waals surface area contributed by atoms with Gasteiger partial charge < -0.3 is 15.5 Å². The van der Waals surface area contributed by atoms with E-state index >= 15 is 0 Å². The summed E-state index contributed by atoms with van der Waals surface area (Å²) in [5, 5.41) is 7.27. The van der Waals surface area contributed by atoms with Gasteiger partial charge in [-0.25, -0.2) is 9.37 Å². The van der Waals surface area contributed by atoms with E-state index in [9.17, 15) is 9.18 Å². The molecule has 0 saturated heterocycles. The Hall–Kier alpha value is -4.00. The molecule has 3 aromatic carbocycles. The number of nitrogens with zero attached hydrogens (tertiary/aromatic N) is 3. The Morgan fingerprint density at radius 3 is 2.32 bits per heavy atom. The molecule has 0 aliphatic carbocycles. The molecule has 0 unspecified atom stereocenters. The lowest BCUT2D eigenvalue weighted by atomic mass is 10.1. The SMILES string of the molecule is CCN(CC)c1nc(NCc2ccc(NC(=O)c3ccc(F)cc3)cc2)c2ccc(C)cc2n1. The molecule has 0 aliphatic heterocycles. The number of anilines is 3. The number of hydrogen-bond donors (Lipinski definition) is 2. The second kappa shape index (κ2) is 10.3. The third-order valence-electron chi connectivity index (χ3n) is 5.67. The van der Waals surface area contributed by atoms with E-state index in [4.69, 9.17) is 9.97 Å². The zero-order valence-corrected chi connectivity index (χ0v) is 19.6. The van der Waals surface area contributed by atoms with Crippen molar-refractivity contribution in [2.24, 2.45) is 0 Å². The zero-order chi connectivity index (χ0) is 24.1. The average Bonchev–Trinajstić information content (AvgIpc) is 2.84. The predicted octanol–water partition coefficient (Wildman–Crippen LogP) is 5.79. The van der Waals surface area contributed by atoms with Gasteiger partial charge in [0.2, 0.25) is 5.95 Å². The molecule has 0 saturated carbocycles. The van der Waals surface area contributed by atoms with E-state index in [0.717, 1.165) is 40.9 Å². The van der Waals surface area contributed by atoms with Crippen LogP contribution in [0.1, 0.15) is 35.3 Å².